The number of nitrogens with one attached hydrogen (secondary N) is 1. The highest BCUT2D eigenvalue weighted by Crippen LogP contribution is 2.23. The van der Waals surface area contributed by atoms with E-state index < -0.39 is 36.2 Å². The van der Waals surface area contributed by atoms with E-state index in [2.05, 4.69) is 5.32 Å². The molecule has 0 bridgehead atoms. The first-order valence-electron chi connectivity index (χ1n) is 7.84. The van der Waals surface area contributed by atoms with E-state index in [1.54, 1.807) is 6.92 Å². The van der Waals surface area contributed by atoms with Gasteiger partial charge in [0.1, 0.15) is 11.3 Å². The van der Waals surface area contributed by atoms with Crippen molar-refractivity contribution in [3.8, 4) is 0 Å². The zero-order chi connectivity index (χ0) is 18.7. The van der Waals surface area contributed by atoms with E-state index in [1.165, 1.54) is 0 Å². The molecular formula is C19H15F2NO4. The third-order valence-corrected chi connectivity index (χ3v) is 3.74. The Balaban J connectivity index is 1.56. The standard InChI is InChI=1S/C19H15F2NO4/c1-11(17-9-12-4-2-3-5-16(12)26-17)22-18(23)10-25-19(24)13-6-7-14(20)15(21)8-13/h2-9,11H,10H2,1H3,(H,22,23)/t11-/m0/s1. The first-order chi connectivity index (χ1) is 12.4. The summed E-state index contributed by atoms with van der Waals surface area (Å²) in [5.74, 6) is -3.14. The summed E-state index contributed by atoms with van der Waals surface area (Å²) in [6.45, 7) is 1.18. The number of furan rings is 1. The van der Waals surface area contributed by atoms with Crippen molar-refractivity contribution in [2.45, 2.75) is 13.0 Å². The molecule has 0 fully saturated rings. The van der Waals surface area contributed by atoms with Crippen molar-refractivity contribution >= 4 is 22.8 Å². The van der Waals surface area contributed by atoms with Crippen LogP contribution in [-0.2, 0) is 9.53 Å². The number of hydrogen-bond donors (Lipinski definition) is 1. The second-order valence-corrected chi connectivity index (χ2v) is 5.68. The van der Waals surface area contributed by atoms with E-state index >= 15 is 0 Å². The van der Waals surface area contributed by atoms with Gasteiger partial charge in [-0.25, -0.2) is 13.6 Å². The van der Waals surface area contributed by atoms with Crippen LogP contribution in [0.3, 0.4) is 0 Å². The van der Waals surface area contributed by atoms with Gasteiger partial charge in [0.15, 0.2) is 18.2 Å². The predicted molar refractivity (Wildman–Crippen MR) is 89.4 cm³/mol. The molecule has 0 aliphatic heterocycles. The number of hydrogen-bond acceptors (Lipinski definition) is 4. The number of benzene rings is 2. The molecule has 0 saturated heterocycles. The van der Waals surface area contributed by atoms with Crippen LogP contribution in [0.2, 0.25) is 0 Å². The highest BCUT2D eigenvalue weighted by atomic mass is 19.2. The number of carbonyl (C=O) groups excluding carboxylic acids is 2. The van der Waals surface area contributed by atoms with Gasteiger partial charge in [-0.15, -0.1) is 0 Å². The SMILES string of the molecule is C[C@H](NC(=O)COC(=O)c1ccc(F)c(F)c1)c1cc2ccccc2o1. The van der Waals surface area contributed by atoms with Crippen molar-refractivity contribution in [1.29, 1.82) is 0 Å². The highest BCUT2D eigenvalue weighted by Gasteiger charge is 2.17. The van der Waals surface area contributed by atoms with Gasteiger partial charge in [-0.1, -0.05) is 18.2 Å². The molecule has 0 saturated carbocycles. The summed E-state index contributed by atoms with van der Waals surface area (Å²) >= 11 is 0. The zero-order valence-corrected chi connectivity index (χ0v) is 13.8. The Bertz CT molecular complexity index is 934. The average Bonchev–Trinajstić information content (AvgIpc) is 3.06. The average molecular weight is 359 g/mol. The molecule has 1 atom stereocenters. The van der Waals surface area contributed by atoms with Crippen LogP contribution in [0.1, 0.15) is 29.1 Å². The van der Waals surface area contributed by atoms with Gasteiger partial charge in [0.25, 0.3) is 5.91 Å². The van der Waals surface area contributed by atoms with Crippen LogP contribution in [-0.4, -0.2) is 18.5 Å². The van der Waals surface area contributed by atoms with Gasteiger partial charge in [0.05, 0.1) is 11.6 Å². The van der Waals surface area contributed by atoms with E-state index in [0.29, 0.717) is 17.4 Å². The summed E-state index contributed by atoms with van der Waals surface area (Å²) in [4.78, 5) is 23.7. The maximum atomic E-state index is 13.1. The molecule has 7 heteroatoms. The smallest absolute Gasteiger partial charge is 0.338 e. The molecule has 26 heavy (non-hydrogen) atoms. The lowest BCUT2D eigenvalue weighted by Gasteiger charge is -2.11. The number of esters is 1. The quantitative estimate of drug-likeness (QED) is 0.705. The fraction of sp³-hybridized carbons (Fsp3) is 0.158. The van der Waals surface area contributed by atoms with Gasteiger partial charge in [-0.3, -0.25) is 4.79 Å². The Morgan fingerprint density at radius 2 is 1.88 bits per heavy atom. The van der Waals surface area contributed by atoms with Gasteiger partial charge in [-0.05, 0) is 37.3 Å². The van der Waals surface area contributed by atoms with Crippen molar-refractivity contribution in [2.75, 3.05) is 6.61 Å². The summed E-state index contributed by atoms with van der Waals surface area (Å²) in [6, 6.07) is 11.4. The molecular weight excluding hydrogens is 344 g/mol. The molecule has 1 aromatic heterocycles. The molecule has 5 nitrogen and oxygen atoms in total. The van der Waals surface area contributed by atoms with Crippen molar-refractivity contribution in [1.82, 2.24) is 5.32 Å². The Hall–Kier alpha value is -3.22. The summed E-state index contributed by atoms with van der Waals surface area (Å²) in [5, 5.41) is 3.55. The van der Waals surface area contributed by atoms with Crippen LogP contribution in [0.25, 0.3) is 11.0 Å². The lowest BCUT2D eigenvalue weighted by Crippen LogP contribution is -2.31. The van der Waals surface area contributed by atoms with Gasteiger partial charge in [0, 0.05) is 5.39 Å². The predicted octanol–water partition coefficient (Wildman–Crippen LogP) is 3.75. The number of amides is 1. The van der Waals surface area contributed by atoms with E-state index in [-0.39, 0.29) is 5.56 Å². The van der Waals surface area contributed by atoms with Gasteiger partial charge < -0.3 is 14.5 Å². The molecule has 0 aliphatic carbocycles. The summed E-state index contributed by atoms with van der Waals surface area (Å²) in [6.07, 6.45) is 0. The number of ether oxygens (including phenoxy) is 1. The zero-order valence-electron chi connectivity index (χ0n) is 13.8. The Morgan fingerprint density at radius 3 is 2.62 bits per heavy atom. The molecule has 0 radical (unpaired) electrons. The summed E-state index contributed by atoms with van der Waals surface area (Å²) < 4.78 is 36.4. The largest absolute Gasteiger partial charge is 0.459 e. The second kappa shape index (κ2) is 7.35. The highest BCUT2D eigenvalue weighted by molar-refractivity contribution is 5.91. The molecule has 134 valence electrons. The van der Waals surface area contributed by atoms with Gasteiger partial charge in [0.2, 0.25) is 0 Å². The van der Waals surface area contributed by atoms with Crippen molar-refractivity contribution in [3.05, 3.63) is 71.5 Å². The minimum Gasteiger partial charge on any atom is -0.459 e. The summed E-state index contributed by atoms with van der Waals surface area (Å²) in [5.41, 5.74) is 0.524. The Kier molecular flexibility index (Phi) is 4.97. The molecule has 1 amide bonds. The van der Waals surface area contributed by atoms with Crippen molar-refractivity contribution in [3.63, 3.8) is 0 Å². The van der Waals surface area contributed by atoms with Crippen molar-refractivity contribution in [2.24, 2.45) is 0 Å². The van der Waals surface area contributed by atoms with Gasteiger partial charge in [-0.2, -0.15) is 0 Å². The Morgan fingerprint density at radius 1 is 1.12 bits per heavy atom. The monoisotopic (exact) mass is 359 g/mol. The minimum atomic E-state index is -1.16. The molecule has 0 aliphatic rings. The number of fused-ring (bicyclic) bond motifs is 1. The van der Waals surface area contributed by atoms with Crippen LogP contribution >= 0.6 is 0 Å². The fourth-order valence-corrected chi connectivity index (χ4v) is 2.41. The Labute approximate surface area is 147 Å². The van der Waals surface area contributed by atoms with E-state index in [0.717, 1.165) is 17.5 Å². The normalized spacial score (nSPS) is 12.0. The number of rotatable bonds is 5. The fourth-order valence-electron chi connectivity index (χ4n) is 2.41. The van der Waals surface area contributed by atoms with Crippen molar-refractivity contribution < 1.29 is 27.5 Å². The first-order valence-corrected chi connectivity index (χ1v) is 7.84. The second-order valence-electron chi connectivity index (χ2n) is 5.68. The topological polar surface area (TPSA) is 68.5 Å². The number of halogens is 2. The molecule has 3 aromatic rings. The van der Waals surface area contributed by atoms with Crippen LogP contribution in [0, 0.1) is 11.6 Å². The molecule has 1 N–H and O–H groups in total. The first kappa shape index (κ1) is 17.6. The van der Waals surface area contributed by atoms with E-state index in [9.17, 15) is 18.4 Å². The lowest BCUT2D eigenvalue weighted by atomic mass is 10.2. The molecule has 0 spiro atoms. The van der Waals surface area contributed by atoms with Crippen LogP contribution < -0.4 is 5.32 Å². The summed E-state index contributed by atoms with van der Waals surface area (Å²) in [7, 11) is 0. The maximum absolute atomic E-state index is 13.1. The molecule has 0 unspecified atom stereocenters. The van der Waals surface area contributed by atoms with Gasteiger partial charge >= 0.3 is 5.97 Å². The number of para-hydroxylation sites is 1. The van der Waals surface area contributed by atoms with E-state index in [4.69, 9.17) is 9.15 Å². The van der Waals surface area contributed by atoms with Crippen LogP contribution in [0.4, 0.5) is 8.78 Å². The van der Waals surface area contributed by atoms with E-state index in [1.807, 2.05) is 30.3 Å². The lowest BCUT2D eigenvalue weighted by molar-refractivity contribution is -0.125. The number of carbonyl (C=O) groups is 2. The van der Waals surface area contributed by atoms with Crippen LogP contribution in [0.15, 0.2) is 52.9 Å². The molecule has 2 aromatic carbocycles. The minimum absolute atomic E-state index is 0.179. The molecule has 3 rings (SSSR count). The molecule has 1 heterocycles. The van der Waals surface area contributed by atoms with Crippen LogP contribution in [0.5, 0.6) is 0 Å². The third-order valence-electron chi connectivity index (χ3n) is 3.74. The third kappa shape index (κ3) is 3.88. The maximum Gasteiger partial charge on any atom is 0.338 e.